The number of fused-ring (bicyclic) bond motifs is 1. The molecular weight excluding hydrogens is 380 g/mol. The predicted molar refractivity (Wildman–Crippen MR) is 104 cm³/mol. The van der Waals surface area contributed by atoms with Crippen molar-refractivity contribution in [3.05, 3.63) is 64.4 Å². The molecule has 1 aliphatic heterocycles. The summed E-state index contributed by atoms with van der Waals surface area (Å²) in [5.41, 5.74) is 2.56. The van der Waals surface area contributed by atoms with E-state index in [0.717, 1.165) is 11.3 Å². The Bertz CT molecular complexity index is 1030. The third-order valence-electron chi connectivity index (χ3n) is 4.58. The summed E-state index contributed by atoms with van der Waals surface area (Å²) in [5.74, 6) is 1.05. The monoisotopic (exact) mass is 398 g/mol. The third-order valence-corrected chi connectivity index (χ3v) is 4.81. The van der Waals surface area contributed by atoms with Gasteiger partial charge < -0.3 is 14.8 Å². The molecular formula is C20H19ClN4O3. The molecule has 1 N–H and O–H groups in total. The number of nitrogens with zero attached hydrogens (tertiary/aromatic N) is 3. The molecule has 8 heteroatoms. The molecule has 144 valence electrons. The van der Waals surface area contributed by atoms with E-state index in [0.29, 0.717) is 35.4 Å². The van der Waals surface area contributed by atoms with Crippen LogP contribution in [0.25, 0.3) is 5.69 Å². The zero-order valence-corrected chi connectivity index (χ0v) is 16.2. The summed E-state index contributed by atoms with van der Waals surface area (Å²) in [6.07, 6.45) is 0. The number of hydrogen-bond donors (Lipinski definition) is 1. The summed E-state index contributed by atoms with van der Waals surface area (Å²) in [6.45, 7) is 4.73. The Morgan fingerprint density at radius 3 is 2.75 bits per heavy atom. The minimum atomic E-state index is -0.297. The molecule has 7 nitrogen and oxygen atoms in total. The minimum Gasteiger partial charge on any atom is -0.486 e. The lowest BCUT2D eigenvalue weighted by Gasteiger charge is -2.19. The standard InChI is InChI=1S/C20H19ClN4O3/c1-12(14-4-3-5-15(21)10-14)22-20(26)19-13(2)25(24-23-19)16-6-7-17-18(11-16)28-9-8-27-17/h3-7,10-12H,8-9H2,1-2H3,(H,22,26). The van der Waals surface area contributed by atoms with Crippen molar-refractivity contribution in [2.75, 3.05) is 13.2 Å². The Morgan fingerprint density at radius 2 is 1.96 bits per heavy atom. The van der Waals surface area contributed by atoms with Gasteiger partial charge in [-0.2, -0.15) is 0 Å². The molecule has 3 aromatic rings. The average molecular weight is 399 g/mol. The lowest BCUT2D eigenvalue weighted by Crippen LogP contribution is -2.27. The number of carbonyl (C=O) groups excluding carboxylic acids is 1. The minimum absolute atomic E-state index is 0.218. The molecule has 4 rings (SSSR count). The van der Waals surface area contributed by atoms with Crippen LogP contribution in [0.4, 0.5) is 0 Å². The van der Waals surface area contributed by atoms with E-state index in [1.807, 2.05) is 43.3 Å². The molecule has 0 radical (unpaired) electrons. The van der Waals surface area contributed by atoms with Crippen molar-refractivity contribution in [2.45, 2.75) is 19.9 Å². The van der Waals surface area contributed by atoms with Gasteiger partial charge in [-0.05, 0) is 43.7 Å². The van der Waals surface area contributed by atoms with Crippen LogP contribution in [0.3, 0.4) is 0 Å². The molecule has 0 bridgehead atoms. The molecule has 1 aromatic heterocycles. The summed E-state index contributed by atoms with van der Waals surface area (Å²) in [4.78, 5) is 12.7. The number of rotatable bonds is 4. The number of halogens is 1. The smallest absolute Gasteiger partial charge is 0.274 e. The summed E-state index contributed by atoms with van der Waals surface area (Å²) in [7, 11) is 0. The average Bonchev–Trinajstić information content (AvgIpc) is 3.09. The van der Waals surface area contributed by atoms with E-state index in [1.54, 1.807) is 17.7 Å². The van der Waals surface area contributed by atoms with Gasteiger partial charge in [-0.1, -0.05) is 28.9 Å². The van der Waals surface area contributed by atoms with Crippen LogP contribution in [0, 0.1) is 6.92 Å². The summed E-state index contributed by atoms with van der Waals surface area (Å²) < 4.78 is 12.8. The van der Waals surface area contributed by atoms with Crippen LogP contribution < -0.4 is 14.8 Å². The maximum Gasteiger partial charge on any atom is 0.274 e. The van der Waals surface area contributed by atoms with Crippen molar-refractivity contribution < 1.29 is 14.3 Å². The first kappa shape index (κ1) is 18.3. The molecule has 28 heavy (non-hydrogen) atoms. The fourth-order valence-electron chi connectivity index (χ4n) is 3.07. The first-order valence-corrected chi connectivity index (χ1v) is 9.29. The van der Waals surface area contributed by atoms with Crippen molar-refractivity contribution in [2.24, 2.45) is 0 Å². The number of aromatic nitrogens is 3. The largest absolute Gasteiger partial charge is 0.486 e. The van der Waals surface area contributed by atoms with E-state index in [1.165, 1.54) is 0 Å². The van der Waals surface area contributed by atoms with Gasteiger partial charge in [0.25, 0.3) is 5.91 Å². The van der Waals surface area contributed by atoms with Crippen molar-refractivity contribution in [1.82, 2.24) is 20.3 Å². The Balaban J connectivity index is 1.55. The Kier molecular flexibility index (Phi) is 4.92. The van der Waals surface area contributed by atoms with Crippen molar-refractivity contribution >= 4 is 17.5 Å². The van der Waals surface area contributed by atoms with Crippen molar-refractivity contribution in [3.8, 4) is 17.2 Å². The number of ether oxygens (including phenoxy) is 2. The van der Waals surface area contributed by atoms with E-state index < -0.39 is 0 Å². The molecule has 0 saturated heterocycles. The zero-order valence-electron chi connectivity index (χ0n) is 15.5. The van der Waals surface area contributed by atoms with Crippen LogP contribution in [0.2, 0.25) is 5.02 Å². The van der Waals surface area contributed by atoms with Gasteiger partial charge in [-0.15, -0.1) is 5.10 Å². The number of nitrogens with one attached hydrogen (secondary N) is 1. The van der Waals surface area contributed by atoms with Crippen LogP contribution in [0.1, 0.15) is 34.7 Å². The summed E-state index contributed by atoms with van der Waals surface area (Å²) in [6, 6.07) is 12.7. The quantitative estimate of drug-likeness (QED) is 0.727. The molecule has 0 spiro atoms. The van der Waals surface area contributed by atoms with Crippen LogP contribution in [0.15, 0.2) is 42.5 Å². The molecule has 1 unspecified atom stereocenters. The molecule has 1 aliphatic rings. The second-order valence-corrected chi connectivity index (χ2v) is 6.95. The second kappa shape index (κ2) is 7.52. The fourth-order valence-corrected chi connectivity index (χ4v) is 3.27. The molecule has 2 heterocycles. The van der Waals surface area contributed by atoms with Crippen LogP contribution >= 0.6 is 11.6 Å². The van der Waals surface area contributed by atoms with Gasteiger partial charge in [0, 0.05) is 11.1 Å². The van der Waals surface area contributed by atoms with E-state index >= 15 is 0 Å². The molecule has 2 aromatic carbocycles. The molecule has 1 amide bonds. The van der Waals surface area contributed by atoms with Crippen LogP contribution in [-0.2, 0) is 0 Å². The van der Waals surface area contributed by atoms with Gasteiger partial charge in [0.15, 0.2) is 17.2 Å². The summed E-state index contributed by atoms with van der Waals surface area (Å²) in [5, 5.41) is 11.8. The maximum atomic E-state index is 12.7. The van der Waals surface area contributed by atoms with E-state index in [9.17, 15) is 4.79 Å². The second-order valence-electron chi connectivity index (χ2n) is 6.51. The van der Waals surface area contributed by atoms with Gasteiger partial charge in [0.1, 0.15) is 13.2 Å². The van der Waals surface area contributed by atoms with Crippen molar-refractivity contribution in [1.29, 1.82) is 0 Å². The fraction of sp³-hybridized carbons (Fsp3) is 0.250. The van der Waals surface area contributed by atoms with Crippen molar-refractivity contribution in [3.63, 3.8) is 0 Å². The van der Waals surface area contributed by atoms with E-state index in [-0.39, 0.29) is 17.6 Å². The highest BCUT2D eigenvalue weighted by Crippen LogP contribution is 2.32. The first-order valence-electron chi connectivity index (χ1n) is 8.91. The summed E-state index contributed by atoms with van der Waals surface area (Å²) >= 11 is 6.03. The van der Waals surface area contributed by atoms with E-state index in [4.69, 9.17) is 21.1 Å². The van der Waals surface area contributed by atoms with Gasteiger partial charge >= 0.3 is 0 Å². The predicted octanol–water partition coefficient (Wildman–Crippen LogP) is 3.49. The van der Waals surface area contributed by atoms with Crippen LogP contribution in [0.5, 0.6) is 11.5 Å². The van der Waals surface area contributed by atoms with Gasteiger partial charge in [0.2, 0.25) is 0 Å². The number of carbonyl (C=O) groups is 1. The topological polar surface area (TPSA) is 78.3 Å². The lowest BCUT2D eigenvalue weighted by atomic mass is 10.1. The number of amides is 1. The van der Waals surface area contributed by atoms with Crippen LogP contribution in [-0.4, -0.2) is 34.1 Å². The highest BCUT2D eigenvalue weighted by Gasteiger charge is 2.21. The number of hydrogen-bond acceptors (Lipinski definition) is 5. The first-order chi connectivity index (χ1) is 13.5. The normalized spacial score (nSPS) is 13.8. The molecule has 0 aliphatic carbocycles. The Labute approximate surface area is 167 Å². The van der Waals surface area contributed by atoms with Gasteiger partial charge in [0.05, 0.1) is 17.4 Å². The van der Waals surface area contributed by atoms with Gasteiger partial charge in [-0.3, -0.25) is 4.79 Å². The highest BCUT2D eigenvalue weighted by atomic mass is 35.5. The Morgan fingerprint density at radius 1 is 1.18 bits per heavy atom. The molecule has 1 atom stereocenters. The zero-order chi connectivity index (χ0) is 19.7. The SMILES string of the molecule is Cc1c(C(=O)NC(C)c2cccc(Cl)c2)nnn1-c1ccc2c(c1)OCCO2. The lowest BCUT2D eigenvalue weighted by molar-refractivity contribution is 0.0934. The van der Waals surface area contributed by atoms with E-state index in [2.05, 4.69) is 15.6 Å². The molecule has 0 fully saturated rings. The third kappa shape index (κ3) is 3.53. The highest BCUT2D eigenvalue weighted by molar-refractivity contribution is 6.30. The molecule has 0 saturated carbocycles. The number of benzene rings is 2. The Hall–Kier alpha value is -3.06. The maximum absolute atomic E-state index is 12.7. The van der Waals surface area contributed by atoms with Gasteiger partial charge in [-0.25, -0.2) is 4.68 Å².